The first-order chi connectivity index (χ1) is 14.9. The van der Waals surface area contributed by atoms with Gasteiger partial charge in [0.2, 0.25) is 5.82 Å². The third kappa shape index (κ3) is 4.40. The van der Waals surface area contributed by atoms with Crippen LogP contribution in [-0.4, -0.2) is 35.2 Å². The van der Waals surface area contributed by atoms with Gasteiger partial charge in [0, 0.05) is 12.1 Å². The molecule has 0 aliphatic carbocycles. The maximum Gasteiger partial charge on any atom is 0.308 e. The van der Waals surface area contributed by atoms with Gasteiger partial charge in [0.05, 0.1) is 12.1 Å². The fraction of sp³-hybridized carbons (Fsp3) is 0.273. The lowest BCUT2D eigenvalue weighted by Gasteiger charge is -2.29. The molecule has 0 spiro atoms. The normalized spacial score (nSPS) is 14.0. The molecular weight excluding hydrogens is 405 g/mol. The van der Waals surface area contributed by atoms with Gasteiger partial charge in [0.15, 0.2) is 12.7 Å². The molecule has 1 atom stereocenters. The van der Waals surface area contributed by atoms with Gasteiger partial charge < -0.3 is 18.9 Å². The van der Waals surface area contributed by atoms with E-state index in [1.165, 1.54) is 11.0 Å². The van der Waals surface area contributed by atoms with E-state index in [1.54, 1.807) is 44.2 Å². The van der Waals surface area contributed by atoms with Gasteiger partial charge in [0.1, 0.15) is 11.6 Å². The lowest BCUT2D eigenvalue weighted by atomic mass is 10.1. The van der Waals surface area contributed by atoms with Crippen LogP contribution in [-0.2, 0) is 14.3 Å². The predicted molar refractivity (Wildman–Crippen MR) is 108 cm³/mol. The van der Waals surface area contributed by atoms with Crippen molar-refractivity contribution < 1.29 is 28.0 Å². The monoisotopic (exact) mass is 425 g/mol. The Hall–Kier alpha value is -3.75. The Morgan fingerprint density at radius 3 is 2.90 bits per heavy atom. The quantitative estimate of drug-likeness (QED) is 0.557. The number of rotatable bonds is 6. The van der Waals surface area contributed by atoms with E-state index in [0.29, 0.717) is 22.6 Å². The molecular formula is C22H20FN3O5. The van der Waals surface area contributed by atoms with Gasteiger partial charge in [0.25, 0.3) is 11.8 Å². The Kier molecular flexibility index (Phi) is 5.66. The highest BCUT2D eigenvalue weighted by Crippen LogP contribution is 2.31. The number of carbonyl (C=O) groups excluding carboxylic acids is 2. The lowest BCUT2D eigenvalue weighted by Crippen LogP contribution is -2.40. The summed E-state index contributed by atoms with van der Waals surface area (Å²) in [7, 11) is 0. The summed E-state index contributed by atoms with van der Waals surface area (Å²) >= 11 is 0. The summed E-state index contributed by atoms with van der Waals surface area (Å²) in [5, 5.41) is 3.83. The Balaban J connectivity index is 1.37. The number of para-hydroxylation sites is 2. The minimum atomic E-state index is -0.795. The van der Waals surface area contributed by atoms with Crippen LogP contribution in [0.25, 0.3) is 11.4 Å². The summed E-state index contributed by atoms with van der Waals surface area (Å²) in [5.74, 6) is -0.237. The van der Waals surface area contributed by atoms with Crippen LogP contribution in [0.15, 0.2) is 47.0 Å². The highest BCUT2D eigenvalue weighted by Gasteiger charge is 2.26. The number of hydrogen-bond donors (Lipinski definition) is 0. The molecule has 0 bridgehead atoms. The van der Waals surface area contributed by atoms with E-state index < -0.39 is 12.1 Å². The zero-order valence-electron chi connectivity index (χ0n) is 17.0. The molecule has 1 aliphatic rings. The first-order valence-corrected chi connectivity index (χ1v) is 9.74. The average Bonchev–Trinajstić information content (AvgIpc) is 3.25. The second-order valence-electron chi connectivity index (χ2n) is 7.10. The number of fused-ring (bicyclic) bond motifs is 1. The Bertz CT molecular complexity index is 1130. The highest BCUT2D eigenvalue weighted by molar-refractivity contribution is 5.98. The van der Waals surface area contributed by atoms with E-state index in [4.69, 9.17) is 14.0 Å². The van der Waals surface area contributed by atoms with Gasteiger partial charge in [-0.15, -0.1) is 0 Å². The maximum atomic E-state index is 13.8. The maximum absolute atomic E-state index is 13.8. The molecule has 2 aromatic carbocycles. The van der Waals surface area contributed by atoms with Gasteiger partial charge in [-0.25, -0.2) is 4.39 Å². The zero-order valence-corrected chi connectivity index (χ0v) is 17.0. The molecule has 4 rings (SSSR count). The Morgan fingerprint density at radius 2 is 2.10 bits per heavy atom. The molecule has 9 heteroatoms. The first-order valence-electron chi connectivity index (χ1n) is 9.74. The van der Waals surface area contributed by atoms with Crippen LogP contribution in [0.1, 0.15) is 30.9 Å². The van der Waals surface area contributed by atoms with Crippen LogP contribution in [0.4, 0.5) is 10.1 Å². The van der Waals surface area contributed by atoms with E-state index in [1.807, 2.05) is 6.07 Å². The fourth-order valence-corrected chi connectivity index (χ4v) is 3.16. The van der Waals surface area contributed by atoms with Crippen LogP contribution in [0.5, 0.6) is 5.75 Å². The van der Waals surface area contributed by atoms with E-state index in [0.717, 1.165) is 0 Å². The molecule has 2 heterocycles. The number of aryl methyl sites for hydroxylation is 1. The summed E-state index contributed by atoms with van der Waals surface area (Å²) in [6.07, 6.45) is -0.814. The molecule has 3 aromatic rings. The SMILES string of the molecule is Cc1ccc(-c2noc(C(C)OC(=O)CCN3C(=O)COc4ccccc43)n2)cc1F. The van der Waals surface area contributed by atoms with Crippen molar-refractivity contribution in [2.75, 3.05) is 18.1 Å². The topological polar surface area (TPSA) is 94.8 Å². The summed E-state index contributed by atoms with van der Waals surface area (Å²) in [6.45, 7) is 3.33. The molecule has 31 heavy (non-hydrogen) atoms. The number of anilines is 1. The molecule has 0 radical (unpaired) electrons. The first kappa shape index (κ1) is 20.5. The van der Waals surface area contributed by atoms with Crippen molar-refractivity contribution in [3.63, 3.8) is 0 Å². The number of nitrogens with zero attached hydrogens (tertiary/aromatic N) is 3. The van der Waals surface area contributed by atoms with Crippen LogP contribution < -0.4 is 9.64 Å². The Morgan fingerprint density at radius 1 is 1.29 bits per heavy atom. The van der Waals surface area contributed by atoms with Crippen molar-refractivity contribution >= 4 is 17.6 Å². The third-order valence-corrected chi connectivity index (χ3v) is 4.88. The lowest BCUT2D eigenvalue weighted by molar-refractivity contribution is -0.149. The molecule has 8 nitrogen and oxygen atoms in total. The molecule has 1 aromatic heterocycles. The van der Waals surface area contributed by atoms with Crippen molar-refractivity contribution in [2.45, 2.75) is 26.4 Å². The average molecular weight is 425 g/mol. The van der Waals surface area contributed by atoms with Gasteiger partial charge in [-0.1, -0.05) is 29.4 Å². The zero-order chi connectivity index (χ0) is 22.0. The third-order valence-electron chi connectivity index (χ3n) is 4.88. The van der Waals surface area contributed by atoms with E-state index >= 15 is 0 Å². The van der Waals surface area contributed by atoms with E-state index in [2.05, 4.69) is 10.1 Å². The summed E-state index contributed by atoms with van der Waals surface area (Å²) in [6, 6.07) is 11.7. The van der Waals surface area contributed by atoms with Crippen LogP contribution >= 0.6 is 0 Å². The minimum absolute atomic E-state index is 0.0193. The number of halogens is 1. The smallest absolute Gasteiger partial charge is 0.308 e. The molecule has 1 unspecified atom stereocenters. The van der Waals surface area contributed by atoms with Crippen molar-refractivity contribution in [1.29, 1.82) is 0 Å². The highest BCUT2D eigenvalue weighted by atomic mass is 19.1. The predicted octanol–water partition coefficient (Wildman–Crippen LogP) is 3.60. The molecule has 1 amide bonds. The molecule has 0 fully saturated rings. The second kappa shape index (κ2) is 8.55. The van der Waals surface area contributed by atoms with Gasteiger partial charge in [-0.2, -0.15) is 4.98 Å². The van der Waals surface area contributed by atoms with Crippen molar-refractivity contribution in [2.24, 2.45) is 0 Å². The van der Waals surface area contributed by atoms with Crippen LogP contribution in [0, 0.1) is 12.7 Å². The van der Waals surface area contributed by atoms with Gasteiger partial charge in [-0.3, -0.25) is 9.59 Å². The summed E-state index contributed by atoms with van der Waals surface area (Å²) < 4.78 is 29.7. The number of aromatic nitrogens is 2. The molecule has 0 saturated carbocycles. The molecule has 160 valence electrons. The van der Waals surface area contributed by atoms with Gasteiger partial charge in [-0.05, 0) is 37.6 Å². The molecule has 0 N–H and O–H groups in total. The number of ether oxygens (including phenoxy) is 2. The van der Waals surface area contributed by atoms with E-state index in [-0.39, 0.29) is 43.0 Å². The second-order valence-corrected chi connectivity index (χ2v) is 7.10. The molecule has 0 saturated heterocycles. The fourth-order valence-electron chi connectivity index (χ4n) is 3.16. The minimum Gasteiger partial charge on any atom is -0.482 e. The van der Waals surface area contributed by atoms with Crippen molar-refractivity contribution in [1.82, 2.24) is 10.1 Å². The number of benzene rings is 2. The number of esters is 1. The summed E-state index contributed by atoms with van der Waals surface area (Å²) in [4.78, 5) is 30.2. The Labute approximate surface area is 177 Å². The number of amides is 1. The standard InChI is InChI=1S/C22H20FN3O5/c1-13-7-8-15(11-16(13)23)21-24-22(31-25-21)14(2)30-20(28)9-10-26-17-5-3-4-6-18(17)29-12-19(26)27/h3-8,11,14H,9-10,12H2,1-2H3. The van der Waals surface area contributed by atoms with Crippen LogP contribution in [0.2, 0.25) is 0 Å². The summed E-state index contributed by atoms with van der Waals surface area (Å²) in [5.41, 5.74) is 1.59. The van der Waals surface area contributed by atoms with Crippen molar-refractivity contribution in [3.8, 4) is 17.1 Å². The van der Waals surface area contributed by atoms with Crippen molar-refractivity contribution in [3.05, 3.63) is 59.7 Å². The number of hydrogen-bond acceptors (Lipinski definition) is 7. The van der Waals surface area contributed by atoms with Crippen LogP contribution in [0.3, 0.4) is 0 Å². The van der Waals surface area contributed by atoms with E-state index in [9.17, 15) is 14.0 Å². The van der Waals surface area contributed by atoms with Gasteiger partial charge >= 0.3 is 5.97 Å². The molecule has 1 aliphatic heterocycles. The number of carbonyl (C=O) groups is 2. The largest absolute Gasteiger partial charge is 0.482 e.